The number of nitrogens with one attached hydrogen (secondary N) is 2. The quantitative estimate of drug-likeness (QED) is 0.0177. The number of anilines is 2. The van der Waals surface area contributed by atoms with E-state index in [2.05, 4.69) is 24.7 Å². The number of nitrogens with zero attached hydrogens (tertiary/aromatic N) is 7. The number of benzene rings is 4. The summed E-state index contributed by atoms with van der Waals surface area (Å²) >= 11 is 23.9. The lowest BCUT2D eigenvalue weighted by Crippen LogP contribution is -2.41. The number of hydrogen-bond donors (Lipinski definition) is 3. The van der Waals surface area contributed by atoms with Gasteiger partial charge < -0.3 is 58.7 Å². The SMILES string of the molecule is C.C.C.C.C.CCCOc1ncccc1Oc1cc(-n2c(=O)cc(C(F)(F)F)[nH]c2=O)c(F)cc1Cl.CCCOc1ncccc1Oc1cc(-n2c(=O)cc(C(F)(F)F)n(C)c2=O)c(F)cc1Cl.CCCOc1ncccc1Oc1cc(N)c(F)cc1Cl.CCCOc1ncccc1Oc1cc(NC(=O)CC(=O)C(F)(F)F)c(F)cc1Cl.CCOC(=O)CC(C)=O.O=C=O.O=C=O.O=C=O.O=C=O. The van der Waals surface area contributed by atoms with Crippen molar-refractivity contribution in [3.8, 4) is 80.9 Å². The van der Waals surface area contributed by atoms with Crippen molar-refractivity contribution in [1.82, 2.24) is 38.6 Å². The van der Waals surface area contributed by atoms with E-state index in [0.29, 0.717) is 63.9 Å². The minimum Gasteiger partial charge on any atom is -0.475 e. The van der Waals surface area contributed by atoms with Crippen molar-refractivity contribution in [3.63, 3.8) is 0 Å². The van der Waals surface area contributed by atoms with E-state index in [-0.39, 0.29) is 183 Å². The third-order valence-corrected chi connectivity index (χ3v) is 15.8. The number of alkyl halides is 9. The average molecular weight is 2050 g/mol. The highest BCUT2D eigenvalue weighted by molar-refractivity contribution is 6.33. The summed E-state index contributed by atoms with van der Waals surface area (Å²) in [5, 5.41) is 1.42. The number of Topliss-reactive ketones (excluding diaryl/α,β-unsaturated/α-hetero) is 2. The van der Waals surface area contributed by atoms with Gasteiger partial charge in [0.1, 0.15) is 69.9 Å². The van der Waals surface area contributed by atoms with Crippen molar-refractivity contribution in [2.45, 2.75) is 136 Å². The van der Waals surface area contributed by atoms with Crippen LogP contribution in [0.5, 0.6) is 69.5 Å². The van der Waals surface area contributed by atoms with Gasteiger partial charge in [-0.1, -0.05) is 111 Å². The van der Waals surface area contributed by atoms with E-state index in [1.807, 2.05) is 33.0 Å². The number of aromatic nitrogens is 8. The molecule has 0 spiro atoms. The average Bonchev–Trinajstić information content (AvgIpc) is 0.754. The minimum atomic E-state index is -5.17. The van der Waals surface area contributed by atoms with Gasteiger partial charge in [0.05, 0.1) is 82.3 Å². The van der Waals surface area contributed by atoms with Crippen LogP contribution < -0.4 is 71.4 Å². The predicted octanol–water partition coefficient (Wildman–Crippen LogP) is 19.0. The Balaban J connectivity index is -0.000000806. The minimum absolute atomic E-state index is 0. The van der Waals surface area contributed by atoms with Crippen LogP contribution in [0.1, 0.15) is 129 Å². The lowest BCUT2D eigenvalue weighted by molar-refractivity contribution is -0.193. The fourth-order valence-electron chi connectivity index (χ4n) is 9.23. The first-order valence-electron chi connectivity index (χ1n) is 36.8. The lowest BCUT2D eigenvalue weighted by atomic mass is 10.2. The van der Waals surface area contributed by atoms with E-state index in [1.54, 1.807) is 37.4 Å². The zero-order valence-electron chi connectivity index (χ0n) is 69.3. The summed E-state index contributed by atoms with van der Waals surface area (Å²) < 4.78 is 220. The number of nitrogens with two attached hydrogens (primary N) is 1. The number of nitrogen functional groups attached to an aromatic ring is 1. The Morgan fingerprint density at radius 2 is 0.775 bits per heavy atom. The van der Waals surface area contributed by atoms with Crippen molar-refractivity contribution in [1.29, 1.82) is 0 Å². The largest absolute Gasteiger partial charge is 0.475 e. The molecule has 0 aliphatic rings. The molecule has 10 aromatic rings. The van der Waals surface area contributed by atoms with Crippen molar-refractivity contribution < 1.29 is 157 Å². The van der Waals surface area contributed by atoms with Crippen LogP contribution in [-0.2, 0) is 81.7 Å². The predicted molar refractivity (Wildman–Crippen MR) is 467 cm³/mol. The molecule has 1 amide bonds. The van der Waals surface area contributed by atoms with Gasteiger partial charge in [-0.25, -0.2) is 56.2 Å². The van der Waals surface area contributed by atoms with E-state index in [1.165, 1.54) is 60.8 Å². The molecule has 6 aromatic heterocycles. The van der Waals surface area contributed by atoms with Crippen LogP contribution in [-0.4, -0.2) is 126 Å². The molecule has 0 unspecified atom stereocenters. The maximum atomic E-state index is 14.6. The molecule has 0 saturated carbocycles. The number of hydrogen-bond acceptors (Lipinski definition) is 30. The number of ketones is 2. The molecule has 52 heteroatoms. The van der Waals surface area contributed by atoms with Gasteiger partial charge in [0, 0.05) is 68.2 Å². The molecule has 4 aromatic carbocycles. The van der Waals surface area contributed by atoms with E-state index < -0.39 is 117 Å². The molecule has 35 nitrogen and oxygen atoms in total. The molecule has 0 atom stereocenters. The van der Waals surface area contributed by atoms with Gasteiger partial charge in [-0.05, 0) is 112 Å². The molecule has 138 heavy (non-hydrogen) atoms. The van der Waals surface area contributed by atoms with Gasteiger partial charge in [0.2, 0.25) is 11.7 Å². The van der Waals surface area contributed by atoms with Crippen LogP contribution in [0.3, 0.4) is 0 Å². The number of ether oxygens (including phenoxy) is 9. The molecule has 4 N–H and O–H groups in total. The zero-order chi connectivity index (χ0) is 101. The number of amides is 1. The second kappa shape index (κ2) is 64.9. The highest BCUT2D eigenvalue weighted by Gasteiger charge is 2.40. The first-order valence-corrected chi connectivity index (χ1v) is 38.3. The number of carbonyl (C=O) groups is 4. The van der Waals surface area contributed by atoms with Crippen LogP contribution >= 0.6 is 46.4 Å². The van der Waals surface area contributed by atoms with Crippen LogP contribution in [0.2, 0.25) is 20.1 Å². The maximum absolute atomic E-state index is 14.6. The lowest BCUT2D eigenvalue weighted by Gasteiger charge is -2.16. The van der Waals surface area contributed by atoms with Crippen LogP contribution in [0.4, 0.5) is 68.5 Å². The van der Waals surface area contributed by atoms with E-state index in [0.717, 1.165) is 55.9 Å². The standard InChI is InChI=1S/C20H16ClF4N3O4.C19H14ClF4N3O4.C18H15ClF4N2O4.C14H14ClFN2O2.C6H10O3.4CO2.5CH4/c1-3-7-31-18-14(5-4-6-26-18)32-15-9-13(12(22)8-11(15)21)28-17(29)10-16(20(23,24)25)27(2)19(28)30;1-2-6-30-17-13(4-3-5-25-17)31-14-8-12(11(21)7-10(14)20)27-16(28)9-15(19(22,23)24)26-18(27)29;1-2-6-28-17-13(4-3-5-24-17)29-14-8-12(11(20)7-10(14)19)25-16(27)9-15(26)18(21,22)23;1-2-6-19-14-12(4-3-5-18-14)20-13-8-11(17)10(16)7-9(13)15;1-3-9-6(8)4-5(2)7;4*2-1-3;;;;;/h4-6,8-10H,3,7H2,1-2H3;3-5,7-9H,2,6H2,1H3,(H,26,29);3-5,7-8H,2,6,9H2,1H3,(H,25,27);3-5,7-8H,2,6,17H2,1H3;3-4H2,1-2H3;;;;;5*1H4. The fourth-order valence-corrected chi connectivity index (χ4v) is 9.99. The van der Waals surface area contributed by atoms with E-state index >= 15 is 0 Å². The third-order valence-electron chi connectivity index (χ3n) is 14.6. The molecule has 0 aliphatic carbocycles. The molecule has 0 bridgehead atoms. The van der Waals surface area contributed by atoms with Crippen molar-refractivity contribution in [2.24, 2.45) is 7.05 Å². The summed E-state index contributed by atoms with van der Waals surface area (Å²) in [5.41, 5.74) is -5.01. The Morgan fingerprint density at radius 1 is 0.449 bits per heavy atom. The fraction of sp³-hybridized carbons (Fsp3) is 0.302. The monoisotopic (exact) mass is 2050 g/mol. The topological polar surface area (TPSA) is 476 Å². The number of rotatable bonds is 28. The van der Waals surface area contributed by atoms with Crippen molar-refractivity contribution in [2.75, 3.05) is 44.1 Å². The van der Waals surface area contributed by atoms with Gasteiger partial charge in [-0.2, -0.15) is 77.9 Å². The Bertz CT molecular complexity index is 5950. The summed E-state index contributed by atoms with van der Waals surface area (Å²) in [5.74, 6) is -6.73. The van der Waals surface area contributed by atoms with Crippen LogP contribution in [0.15, 0.2) is 153 Å². The summed E-state index contributed by atoms with van der Waals surface area (Å²) in [6.07, 6.45) is -6.75. The maximum Gasteiger partial charge on any atom is 0.450 e. The number of carbonyl (C=O) groups excluding carboxylic acids is 12. The zero-order valence-corrected chi connectivity index (χ0v) is 72.3. The second-order valence-electron chi connectivity index (χ2n) is 24.4. The van der Waals surface area contributed by atoms with Crippen LogP contribution in [0.25, 0.3) is 11.4 Å². The smallest absolute Gasteiger partial charge is 0.450 e. The molecular weight excluding hydrogens is 1960 g/mol. The Labute approximate surface area is 796 Å². The molecule has 0 radical (unpaired) electrons. The van der Waals surface area contributed by atoms with Gasteiger partial charge in [0.15, 0.2) is 23.0 Å². The summed E-state index contributed by atoms with van der Waals surface area (Å²) in [4.78, 5) is 175. The number of pyridine rings is 4. The number of aromatic amines is 1. The van der Waals surface area contributed by atoms with Crippen LogP contribution in [0, 0.1) is 23.3 Å². The van der Waals surface area contributed by atoms with Gasteiger partial charge in [-0.3, -0.25) is 33.3 Å². The normalized spacial score (nSPS) is 9.86. The molecular formula is C86H89Cl4F13N10O25. The summed E-state index contributed by atoms with van der Waals surface area (Å²) in [6.45, 7) is 12.6. The second-order valence-corrected chi connectivity index (χ2v) is 26.1. The summed E-state index contributed by atoms with van der Waals surface area (Å²) in [7, 11) is 0.819. The van der Waals surface area contributed by atoms with Gasteiger partial charge in [-0.15, -0.1) is 0 Å². The first-order chi connectivity index (χ1) is 62.7. The molecule has 10 rings (SSSR count). The Hall–Kier alpha value is -14.9. The third kappa shape index (κ3) is 42.8. The first kappa shape index (κ1) is 129. The number of H-pyrrole nitrogens is 1. The Kier molecular flexibility index (Phi) is 60.8. The molecule has 0 fully saturated rings. The number of esters is 1. The molecule has 6 heterocycles. The highest BCUT2D eigenvalue weighted by Crippen LogP contribution is 2.42. The molecule has 752 valence electrons. The Morgan fingerprint density at radius 3 is 1.09 bits per heavy atom. The number of halogens is 17. The van der Waals surface area contributed by atoms with E-state index in [4.69, 9.17) is 128 Å². The molecule has 0 saturated heterocycles. The highest BCUT2D eigenvalue weighted by atomic mass is 35.5. The molecule has 0 aliphatic heterocycles. The van der Waals surface area contributed by atoms with E-state index in [9.17, 15) is 95.4 Å². The summed E-state index contributed by atoms with van der Waals surface area (Å²) in [6, 6.07) is 20.5. The van der Waals surface area contributed by atoms with Crippen molar-refractivity contribution in [3.05, 3.63) is 230 Å². The van der Waals surface area contributed by atoms with Gasteiger partial charge in [0.25, 0.3) is 34.6 Å². The van der Waals surface area contributed by atoms with Gasteiger partial charge >= 0.3 is 60.5 Å². The van der Waals surface area contributed by atoms with Crippen molar-refractivity contribution >= 4 is 106 Å².